The van der Waals surface area contributed by atoms with Crippen LogP contribution in [0.15, 0.2) is 6.20 Å². The summed E-state index contributed by atoms with van der Waals surface area (Å²) in [6.07, 6.45) is 2.74. The lowest BCUT2D eigenvalue weighted by atomic mass is 10.2. The molecule has 2 heterocycles. The van der Waals surface area contributed by atoms with E-state index in [1.165, 1.54) is 0 Å². The summed E-state index contributed by atoms with van der Waals surface area (Å²) < 4.78 is 0. The van der Waals surface area contributed by atoms with Gasteiger partial charge in [-0.1, -0.05) is 6.92 Å². The van der Waals surface area contributed by atoms with Crippen LogP contribution < -0.4 is 16.6 Å². The molecule has 0 aromatic carbocycles. The molecule has 8 nitrogen and oxygen atoms in total. The van der Waals surface area contributed by atoms with Crippen LogP contribution in [0.25, 0.3) is 11.0 Å². The molecule has 2 rings (SSSR count). The van der Waals surface area contributed by atoms with Crippen LogP contribution in [0.3, 0.4) is 0 Å². The smallest absolute Gasteiger partial charge is 0.241 e. The van der Waals surface area contributed by atoms with Crippen molar-refractivity contribution in [2.75, 3.05) is 17.3 Å². The van der Waals surface area contributed by atoms with Crippen molar-refractivity contribution >= 4 is 22.8 Å². The van der Waals surface area contributed by atoms with Crippen LogP contribution in [0.4, 0.5) is 11.8 Å². The average Bonchev–Trinajstić information content (AvgIpc) is 2.86. The van der Waals surface area contributed by atoms with Crippen molar-refractivity contribution in [2.45, 2.75) is 25.9 Å². The number of nitrogens with zero attached hydrogens (tertiary/aromatic N) is 3. The van der Waals surface area contributed by atoms with E-state index in [2.05, 4.69) is 30.9 Å². The number of nitrogen functional groups attached to an aromatic ring is 1. The molecule has 0 amide bonds. The number of nitrogens with one attached hydrogen (secondary N) is 3. The summed E-state index contributed by atoms with van der Waals surface area (Å²) >= 11 is 0. The van der Waals surface area contributed by atoms with E-state index in [-0.39, 0.29) is 6.10 Å². The fourth-order valence-corrected chi connectivity index (χ4v) is 1.60. The number of H-pyrrole nitrogens is 1. The van der Waals surface area contributed by atoms with E-state index in [1.54, 1.807) is 6.20 Å². The van der Waals surface area contributed by atoms with E-state index < -0.39 is 0 Å². The molecular formula is C10H17N7O. The van der Waals surface area contributed by atoms with Crippen molar-refractivity contribution in [1.82, 2.24) is 20.2 Å². The van der Waals surface area contributed by atoms with Crippen molar-refractivity contribution in [3.63, 3.8) is 0 Å². The Bertz CT molecular complexity index is 512. The van der Waals surface area contributed by atoms with Gasteiger partial charge in [0.2, 0.25) is 5.95 Å². The van der Waals surface area contributed by atoms with Gasteiger partial charge in [0, 0.05) is 6.54 Å². The highest BCUT2D eigenvalue weighted by Gasteiger charge is 2.09. The summed E-state index contributed by atoms with van der Waals surface area (Å²) in [6.45, 7) is 2.57. The second-order valence-corrected chi connectivity index (χ2v) is 3.95. The van der Waals surface area contributed by atoms with Gasteiger partial charge in [0.1, 0.15) is 5.82 Å². The zero-order chi connectivity index (χ0) is 13.0. The van der Waals surface area contributed by atoms with Crippen molar-refractivity contribution in [2.24, 2.45) is 5.84 Å². The minimum Gasteiger partial charge on any atom is -0.393 e. The first-order valence-electron chi connectivity index (χ1n) is 5.84. The Labute approximate surface area is 104 Å². The highest BCUT2D eigenvalue weighted by Crippen LogP contribution is 2.19. The van der Waals surface area contributed by atoms with Gasteiger partial charge in [-0.15, -0.1) is 0 Å². The van der Waals surface area contributed by atoms with Crippen LogP contribution in [-0.2, 0) is 0 Å². The lowest BCUT2D eigenvalue weighted by Crippen LogP contribution is -2.15. The van der Waals surface area contributed by atoms with E-state index >= 15 is 0 Å². The van der Waals surface area contributed by atoms with E-state index in [9.17, 15) is 5.11 Å². The number of fused-ring (bicyclic) bond motifs is 1. The van der Waals surface area contributed by atoms with Crippen molar-refractivity contribution < 1.29 is 5.11 Å². The van der Waals surface area contributed by atoms with E-state index in [4.69, 9.17) is 5.84 Å². The predicted molar refractivity (Wildman–Crippen MR) is 68.9 cm³/mol. The predicted octanol–water partition coefficient (Wildman–Crippen LogP) is 0.211. The van der Waals surface area contributed by atoms with Gasteiger partial charge in [-0.05, 0) is 12.8 Å². The lowest BCUT2D eigenvalue weighted by Gasteiger charge is -2.10. The van der Waals surface area contributed by atoms with Gasteiger partial charge in [0.15, 0.2) is 5.65 Å². The second kappa shape index (κ2) is 5.61. The number of aliphatic hydroxyl groups excluding tert-OH is 1. The first-order valence-corrected chi connectivity index (χ1v) is 5.84. The first-order chi connectivity index (χ1) is 8.74. The largest absolute Gasteiger partial charge is 0.393 e. The molecule has 0 aliphatic rings. The van der Waals surface area contributed by atoms with E-state index in [1.807, 2.05) is 6.92 Å². The summed E-state index contributed by atoms with van der Waals surface area (Å²) in [7, 11) is 0. The summed E-state index contributed by atoms with van der Waals surface area (Å²) in [4.78, 5) is 8.33. The third kappa shape index (κ3) is 2.66. The molecule has 2 aromatic heterocycles. The monoisotopic (exact) mass is 251 g/mol. The Morgan fingerprint density at radius 1 is 1.50 bits per heavy atom. The van der Waals surface area contributed by atoms with Crippen LogP contribution in [0.2, 0.25) is 0 Å². The van der Waals surface area contributed by atoms with Crippen molar-refractivity contribution in [3.8, 4) is 0 Å². The molecule has 2 aromatic rings. The van der Waals surface area contributed by atoms with Crippen molar-refractivity contribution in [3.05, 3.63) is 6.20 Å². The fraction of sp³-hybridized carbons (Fsp3) is 0.500. The van der Waals surface area contributed by atoms with Gasteiger partial charge in [-0.25, -0.2) is 5.84 Å². The first kappa shape index (κ1) is 12.5. The lowest BCUT2D eigenvalue weighted by molar-refractivity contribution is 0.164. The number of hydrogen-bond acceptors (Lipinski definition) is 7. The second-order valence-electron chi connectivity index (χ2n) is 3.95. The highest BCUT2D eigenvalue weighted by atomic mass is 16.3. The van der Waals surface area contributed by atoms with E-state index in [0.29, 0.717) is 30.4 Å². The Kier molecular flexibility index (Phi) is 3.90. The Balaban J connectivity index is 2.13. The topological polar surface area (TPSA) is 125 Å². The minimum absolute atomic E-state index is 0.300. The molecule has 1 atom stereocenters. The number of aromatic nitrogens is 4. The summed E-state index contributed by atoms with van der Waals surface area (Å²) in [5.74, 6) is 6.25. The summed E-state index contributed by atoms with van der Waals surface area (Å²) in [5.41, 5.74) is 3.01. The van der Waals surface area contributed by atoms with Gasteiger partial charge in [-0.3, -0.25) is 10.5 Å². The highest BCUT2D eigenvalue weighted by molar-refractivity contribution is 5.86. The molecule has 0 aliphatic heterocycles. The maximum Gasteiger partial charge on any atom is 0.241 e. The molecule has 0 saturated carbocycles. The fourth-order valence-electron chi connectivity index (χ4n) is 1.60. The van der Waals surface area contributed by atoms with Crippen LogP contribution in [0.1, 0.15) is 19.8 Å². The molecule has 0 bridgehead atoms. The average molecular weight is 251 g/mol. The van der Waals surface area contributed by atoms with Gasteiger partial charge < -0.3 is 10.4 Å². The normalized spacial score (nSPS) is 12.6. The Morgan fingerprint density at radius 3 is 3.06 bits per heavy atom. The molecule has 98 valence electrons. The maximum absolute atomic E-state index is 9.49. The molecule has 0 radical (unpaired) electrons. The molecule has 8 heteroatoms. The zero-order valence-electron chi connectivity index (χ0n) is 10.1. The molecule has 6 N–H and O–H groups in total. The molecule has 18 heavy (non-hydrogen) atoms. The van der Waals surface area contributed by atoms with Crippen LogP contribution >= 0.6 is 0 Å². The van der Waals surface area contributed by atoms with Crippen molar-refractivity contribution in [1.29, 1.82) is 0 Å². The number of aliphatic hydroxyl groups is 1. The Morgan fingerprint density at radius 2 is 2.33 bits per heavy atom. The SMILES string of the molecule is CCC(O)CCNc1nc(NN)nc2[nH]ncc12. The molecule has 0 aliphatic carbocycles. The number of anilines is 2. The number of nitrogens with two attached hydrogens (primary N) is 1. The maximum atomic E-state index is 9.49. The van der Waals surface area contributed by atoms with Crippen LogP contribution in [0, 0.1) is 0 Å². The van der Waals surface area contributed by atoms with Gasteiger partial charge in [-0.2, -0.15) is 15.1 Å². The molecule has 1 unspecified atom stereocenters. The Hall–Kier alpha value is -1.93. The van der Waals surface area contributed by atoms with Crippen LogP contribution in [-0.4, -0.2) is 37.9 Å². The quantitative estimate of drug-likeness (QED) is 0.367. The third-order valence-corrected chi connectivity index (χ3v) is 2.68. The number of hydrazine groups is 1. The molecule has 0 fully saturated rings. The van der Waals surface area contributed by atoms with Gasteiger partial charge in [0.05, 0.1) is 17.7 Å². The minimum atomic E-state index is -0.300. The number of rotatable bonds is 6. The van der Waals surface area contributed by atoms with Crippen LogP contribution in [0.5, 0.6) is 0 Å². The number of aromatic amines is 1. The van der Waals surface area contributed by atoms with Gasteiger partial charge >= 0.3 is 0 Å². The molecule has 0 saturated heterocycles. The van der Waals surface area contributed by atoms with E-state index in [0.717, 1.165) is 11.8 Å². The number of hydrogen-bond donors (Lipinski definition) is 5. The zero-order valence-corrected chi connectivity index (χ0v) is 10.1. The molecule has 0 spiro atoms. The standard InChI is InChI=1S/C10H17N7O/c1-2-6(18)3-4-12-8-7-5-13-17-9(7)15-10(14-8)16-11/h5-6,18H,2-4,11H2,1H3,(H3,12,13,14,15,16,17). The third-order valence-electron chi connectivity index (χ3n) is 2.68. The molecular weight excluding hydrogens is 234 g/mol. The summed E-state index contributed by atoms with van der Waals surface area (Å²) in [5, 5.41) is 20.1. The van der Waals surface area contributed by atoms with Gasteiger partial charge in [0.25, 0.3) is 0 Å². The summed E-state index contributed by atoms with van der Waals surface area (Å²) in [6, 6.07) is 0.